The third-order valence-electron chi connectivity index (χ3n) is 5.91. The van der Waals surface area contributed by atoms with Crippen molar-refractivity contribution in [2.45, 2.75) is 30.0 Å². The Labute approximate surface area is 231 Å². The van der Waals surface area contributed by atoms with Gasteiger partial charge in [-0.15, -0.1) is 11.3 Å². The minimum Gasteiger partial charge on any atom is -0.331 e. The molecule has 0 saturated heterocycles. The van der Waals surface area contributed by atoms with E-state index in [0.717, 1.165) is 35.7 Å². The maximum absolute atomic E-state index is 15.4. The van der Waals surface area contributed by atoms with E-state index in [1.54, 1.807) is 21.8 Å². The lowest BCUT2D eigenvalue weighted by molar-refractivity contribution is 0.246. The lowest BCUT2D eigenvalue weighted by Crippen LogP contribution is -2.39. The number of sulfonamides is 1. The molecule has 0 unspecified atom stereocenters. The number of urea groups is 1. The summed E-state index contributed by atoms with van der Waals surface area (Å²) in [6.07, 6.45) is 7.31. The van der Waals surface area contributed by atoms with E-state index in [0.29, 0.717) is 35.6 Å². The smallest absolute Gasteiger partial charge is 0.329 e. The van der Waals surface area contributed by atoms with Gasteiger partial charge in [-0.1, -0.05) is 41.4 Å². The number of rotatable bonds is 7. The number of para-hydroxylation sites is 1. The molecule has 198 valence electrons. The van der Waals surface area contributed by atoms with E-state index in [1.165, 1.54) is 0 Å². The average molecular weight is 596 g/mol. The van der Waals surface area contributed by atoms with Gasteiger partial charge in [0, 0.05) is 17.3 Å². The normalized spacial score (nSPS) is 14.7. The summed E-state index contributed by atoms with van der Waals surface area (Å²) in [5.74, 6) is -0.567. The molecule has 3 heterocycles. The molecule has 1 aliphatic carbocycles. The van der Waals surface area contributed by atoms with Crippen molar-refractivity contribution in [2.75, 3.05) is 6.54 Å². The third-order valence-corrected chi connectivity index (χ3v) is 9.58. The van der Waals surface area contributed by atoms with Gasteiger partial charge in [-0.25, -0.2) is 27.0 Å². The Hall–Kier alpha value is -3.19. The molecule has 38 heavy (non-hydrogen) atoms. The summed E-state index contributed by atoms with van der Waals surface area (Å²) in [5.41, 5.74) is 3.82. The summed E-state index contributed by atoms with van der Waals surface area (Å²) in [5, 5.41) is 11.2. The Morgan fingerprint density at radius 1 is 1.13 bits per heavy atom. The van der Waals surface area contributed by atoms with Gasteiger partial charge in [0.05, 0.1) is 41.9 Å². The highest BCUT2D eigenvalue weighted by Gasteiger charge is 2.25. The van der Waals surface area contributed by atoms with Crippen molar-refractivity contribution < 1.29 is 17.6 Å². The standard InChI is InChI=1S/C24H21Cl2FN6O3S2/c25-19-9-21(37-23(19)26)38(35,36)31-24(34)28-12-20(27)18-8-4-5-16-11-30-33(22(16)18)14-15-10-29-32(13-15)17-6-2-1-3-7-17/h1-3,6-7,9-11,13H,4-5,8,12,14H2,(H2,28,31,34)/b20-18-. The van der Waals surface area contributed by atoms with Gasteiger partial charge in [0.25, 0.3) is 10.0 Å². The van der Waals surface area contributed by atoms with Gasteiger partial charge in [0.15, 0.2) is 0 Å². The lowest BCUT2D eigenvalue weighted by Gasteiger charge is -2.19. The number of hydrogen-bond acceptors (Lipinski definition) is 6. The van der Waals surface area contributed by atoms with Crippen LogP contribution in [0.15, 0.2) is 65.0 Å². The number of amides is 2. The molecule has 2 N–H and O–H groups in total. The minimum atomic E-state index is -4.21. The summed E-state index contributed by atoms with van der Waals surface area (Å²) in [7, 11) is -4.21. The molecule has 0 bridgehead atoms. The molecular formula is C24H21Cl2FN6O3S2. The van der Waals surface area contributed by atoms with Gasteiger partial charge >= 0.3 is 6.03 Å². The number of benzene rings is 1. The summed E-state index contributed by atoms with van der Waals surface area (Å²) < 4.78 is 45.3. The molecule has 5 rings (SSSR count). The van der Waals surface area contributed by atoms with Gasteiger partial charge in [0.1, 0.15) is 14.4 Å². The van der Waals surface area contributed by atoms with Crippen molar-refractivity contribution >= 4 is 56.2 Å². The molecule has 1 aromatic carbocycles. The predicted molar refractivity (Wildman–Crippen MR) is 144 cm³/mol. The van der Waals surface area contributed by atoms with Crippen molar-refractivity contribution in [3.05, 3.63) is 87.0 Å². The first kappa shape index (κ1) is 26.4. The Balaban J connectivity index is 1.30. The molecule has 4 aromatic rings. The van der Waals surface area contributed by atoms with E-state index in [1.807, 2.05) is 41.3 Å². The van der Waals surface area contributed by atoms with Gasteiger partial charge in [-0.05, 0) is 43.0 Å². The van der Waals surface area contributed by atoms with Gasteiger partial charge in [-0.3, -0.25) is 4.68 Å². The highest BCUT2D eigenvalue weighted by molar-refractivity contribution is 7.92. The maximum atomic E-state index is 15.4. The van der Waals surface area contributed by atoms with Crippen molar-refractivity contribution in [3.8, 4) is 5.69 Å². The van der Waals surface area contributed by atoms with Crippen LogP contribution in [0.25, 0.3) is 11.3 Å². The number of carbonyl (C=O) groups excluding carboxylic acids is 1. The fourth-order valence-corrected chi connectivity index (χ4v) is 6.99. The largest absolute Gasteiger partial charge is 0.331 e. The van der Waals surface area contributed by atoms with Crippen LogP contribution in [0.4, 0.5) is 9.18 Å². The van der Waals surface area contributed by atoms with Crippen molar-refractivity contribution in [3.63, 3.8) is 0 Å². The topological polar surface area (TPSA) is 111 Å². The fourth-order valence-electron chi connectivity index (χ4n) is 4.18. The number of aromatic nitrogens is 4. The molecule has 9 nitrogen and oxygen atoms in total. The number of nitrogens with one attached hydrogen (secondary N) is 2. The lowest BCUT2D eigenvalue weighted by atomic mass is 9.92. The van der Waals surface area contributed by atoms with Crippen LogP contribution in [0.3, 0.4) is 0 Å². The molecule has 0 spiro atoms. The van der Waals surface area contributed by atoms with E-state index in [4.69, 9.17) is 23.2 Å². The molecule has 0 radical (unpaired) electrons. The van der Waals surface area contributed by atoms with Crippen LogP contribution in [-0.2, 0) is 23.0 Å². The zero-order chi connectivity index (χ0) is 26.9. The Morgan fingerprint density at radius 3 is 2.66 bits per heavy atom. The van der Waals surface area contributed by atoms with Gasteiger partial charge in [-0.2, -0.15) is 10.2 Å². The third kappa shape index (κ3) is 5.63. The number of allylic oxidation sites excluding steroid dienone is 1. The molecule has 3 aromatic heterocycles. The first-order chi connectivity index (χ1) is 18.2. The number of halogens is 3. The van der Waals surface area contributed by atoms with Crippen molar-refractivity contribution in [1.82, 2.24) is 29.6 Å². The van der Waals surface area contributed by atoms with Crippen molar-refractivity contribution in [1.29, 1.82) is 0 Å². The van der Waals surface area contributed by atoms with Crippen LogP contribution in [0.2, 0.25) is 9.36 Å². The fraction of sp³-hybridized carbons (Fsp3) is 0.208. The van der Waals surface area contributed by atoms with Gasteiger partial charge in [0.2, 0.25) is 0 Å². The summed E-state index contributed by atoms with van der Waals surface area (Å²) >= 11 is 12.3. The Kier molecular flexibility index (Phi) is 7.57. The Morgan fingerprint density at radius 2 is 1.92 bits per heavy atom. The highest BCUT2D eigenvalue weighted by Crippen LogP contribution is 2.35. The monoisotopic (exact) mass is 594 g/mol. The number of carbonyl (C=O) groups is 1. The number of thiophene rings is 1. The molecule has 1 aliphatic rings. The van der Waals surface area contributed by atoms with Crippen LogP contribution >= 0.6 is 34.5 Å². The van der Waals surface area contributed by atoms with Gasteiger partial charge < -0.3 is 5.32 Å². The molecule has 0 aliphatic heterocycles. The molecular weight excluding hydrogens is 574 g/mol. The van der Waals surface area contributed by atoms with Crippen LogP contribution in [-0.4, -0.2) is 40.6 Å². The quantitative estimate of drug-likeness (QED) is 0.306. The Bertz CT molecular complexity index is 1610. The molecule has 0 atom stereocenters. The van der Waals surface area contributed by atoms with E-state index >= 15 is 4.39 Å². The zero-order valence-electron chi connectivity index (χ0n) is 19.7. The maximum Gasteiger partial charge on any atom is 0.329 e. The van der Waals surface area contributed by atoms with Crippen LogP contribution < -0.4 is 10.0 Å². The highest BCUT2D eigenvalue weighted by atomic mass is 35.5. The number of aryl methyl sites for hydroxylation is 1. The van der Waals surface area contributed by atoms with E-state index in [9.17, 15) is 13.2 Å². The first-order valence-corrected chi connectivity index (χ1v) is 14.5. The first-order valence-electron chi connectivity index (χ1n) is 11.5. The average Bonchev–Trinajstić information content (AvgIpc) is 3.63. The van der Waals surface area contributed by atoms with Crippen LogP contribution in [0, 0.1) is 0 Å². The second kappa shape index (κ2) is 10.9. The second-order valence-electron chi connectivity index (χ2n) is 8.52. The number of fused-ring (bicyclic) bond motifs is 1. The number of hydrogen-bond donors (Lipinski definition) is 2. The van der Waals surface area contributed by atoms with E-state index < -0.39 is 28.4 Å². The minimum absolute atomic E-state index is 0.0605. The summed E-state index contributed by atoms with van der Waals surface area (Å²) in [4.78, 5) is 12.3. The molecule has 2 amide bonds. The molecule has 14 heteroatoms. The predicted octanol–water partition coefficient (Wildman–Crippen LogP) is 5.19. The van der Waals surface area contributed by atoms with Crippen LogP contribution in [0.5, 0.6) is 0 Å². The SMILES string of the molecule is O=C(NC/C(F)=C1\CCCc2cnn(Cc3cnn(-c4ccccc4)c3)c21)NS(=O)(=O)c1cc(Cl)c(Cl)s1. The summed E-state index contributed by atoms with van der Waals surface area (Å²) in [6, 6.07) is 9.75. The second-order valence-corrected chi connectivity index (χ2v) is 12.5. The molecule has 0 saturated carbocycles. The van der Waals surface area contributed by atoms with E-state index in [2.05, 4.69) is 15.5 Å². The summed E-state index contributed by atoms with van der Waals surface area (Å²) in [6.45, 7) is -0.101. The van der Waals surface area contributed by atoms with E-state index in [-0.39, 0.29) is 13.6 Å². The number of nitrogens with zero attached hydrogens (tertiary/aromatic N) is 4. The zero-order valence-corrected chi connectivity index (χ0v) is 22.8. The van der Waals surface area contributed by atoms with Crippen molar-refractivity contribution in [2.24, 2.45) is 0 Å². The molecule has 0 fully saturated rings. The van der Waals surface area contributed by atoms with Crippen LogP contribution in [0.1, 0.15) is 29.7 Å².